The highest BCUT2D eigenvalue weighted by Crippen LogP contribution is 2.43. The number of imidazole rings is 1. The summed E-state index contributed by atoms with van der Waals surface area (Å²) in [7, 11) is 0. The highest BCUT2D eigenvalue weighted by Gasteiger charge is 2.56. The maximum atomic E-state index is 10.1. The van der Waals surface area contributed by atoms with Gasteiger partial charge < -0.3 is 25.0 Å². The zero-order valence-corrected chi connectivity index (χ0v) is 10.3. The van der Waals surface area contributed by atoms with Gasteiger partial charge in [-0.05, 0) is 0 Å². The topological polar surface area (TPSA) is 124 Å². The van der Waals surface area contributed by atoms with Gasteiger partial charge in [0.25, 0.3) is 0 Å². The Labute approximate surface area is 112 Å². The van der Waals surface area contributed by atoms with Gasteiger partial charge >= 0.3 is 0 Å². The maximum absolute atomic E-state index is 10.1. The van der Waals surface area contributed by atoms with Crippen molar-refractivity contribution in [3.8, 4) is 0 Å². The Hall–Kier alpha value is -1.32. The van der Waals surface area contributed by atoms with Crippen LogP contribution in [0.5, 0.6) is 0 Å². The van der Waals surface area contributed by atoms with Crippen LogP contribution < -0.4 is 0 Å². The molecule has 4 N–H and O–H groups in total. The summed E-state index contributed by atoms with van der Waals surface area (Å²) in [5, 5.41) is 27.2. The third-order valence-electron chi connectivity index (χ3n) is 3.13. The number of halogens is 1. The van der Waals surface area contributed by atoms with E-state index in [-0.39, 0.29) is 5.69 Å². The number of aliphatic hydroxyl groups is 3. The van der Waals surface area contributed by atoms with Crippen molar-refractivity contribution in [1.82, 2.24) is 19.9 Å². The predicted molar refractivity (Wildman–Crippen MR) is 63.2 cm³/mol. The Morgan fingerprint density at radius 1 is 1.37 bits per heavy atom. The Morgan fingerprint density at radius 2 is 2.16 bits per heavy atom. The monoisotopic (exact) mass is 286 g/mol. The number of aromatic nitrogens is 4. The van der Waals surface area contributed by atoms with E-state index in [0.717, 1.165) is 0 Å². The van der Waals surface area contributed by atoms with Gasteiger partial charge in [0.15, 0.2) is 5.65 Å². The minimum absolute atomic E-state index is 0.166. The second-order valence-electron chi connectivity index (χ2n) is 4.24. The first-order valence-electron chi connectivity index (χ1n) is 5.56. The molecule has 2 aromatic rings. The number of aromatic amines is 1. The molecule has 0 saturated carbocycles. The van der Waals surface area contributed by atoms with Crippen LogP contribution in [0.1, 0.15) is 5.69 Å². The van der Waals surface area contributed by atoms with E-state index in [0.29, 0.717) is 11.2 Å². The molecule has 19 heavy (non-hydrogen) atoms. The summed E-state index contributed by atoms with van der Waals surface area (Å²) in [6.07, 6.45) is -1.09. The van der Waals surface area contributed by atoms with Gasteiger partial charge in [-0.3, -0.25) is 0 Å². The van der Waals surface area contributed by atoms with Gasteiger partial charge in [0.05, 0.1) is 12.9 Å². The van der Waals surface area contributed by atoms with Crippen molar-refractivity contribution in [1.29, 1.82) is 0 Å². The largest absolute Gasteiger partial charge is 0.394 e. The van der Waals surface area contributed by atoms with E-state index in [2.05, 4.69) is 19.9 Å². The van der Waals surface area contributed by atoms with Crippen LogP contribution in [0.4, 0.5) is 0 Å². The van der Waals surface area contributed by atoms with Crippen molar-refractivity contribution >= 4 is 22.8 Å². The molecule has 1 fully saturated rings. The third-order valence-corrected chi connectivity index (χ3v) is 3.63. The van der Waals surface area contributed by atoms with Gasteiger partial charge in [-0.15, -0.1) is 0 Å². The lowest BCUT2D eigenvalue weighted by atomic mass is 10.0. The van der Waals surface area contributed by atoms with E-state index in [1.165, 1.54) is 12.7 Å². The van der Waals surface area contributed by atoms with Gasteiger partial charge in [-0.2, -0.15) is 0 Å². The second-order valence-corrected chi connectivity index (χ2v) is 4.80. The Kier molecular flexibility index (Phi) is 2.91. The molecular weight excluding hydrogens is 276 g/mol. The number of nitrogens with zero attached hydrogens (tertiary/aromatic N) is 3. The lowest BCUT2D eigenvalue weighted by molar-refractivity contribution is -0.0458. The maximum Gasteiger partial charge on any atom is 0.215 e. The van der Waals surface area contributed by atoms with Gasteiger partial charge in [0, 0.05) is 0 Å². The van der Waals surface area contributed by atoms with Crippen molar-refractivity contribution in [3.05, 3.63) is 18.3 Å². The molecule has 102 valence electrons. The van der Waals surface area contributed by atoms with E-state index in [9.17, 15) is 10.2 Å². The van der Waals surface area contributed by atoms with Gasteiger partial charge in [0.1, 0.15) is 35.8 Å². The number of rotatable bonds is 2. The normalized spacial score (nSPS) is 35.1. The molecule has 0 aromatic carbocycles. The molecule has 0 bridgehead atoms. The zero-order valence-electron chi connectivity index (χ0n) is 9.56. The van der Waals surface area contributed by atoms with Crippen molar-refractivity contribution in [3.63, 3.8) is 0 Å². The minimum atomic E-state index is -1.76. The summed E-state index contributed by atoms with van der Waals surface area (Å²) < 4.78 is 5.36. The van der Waals surface area contributed by atoms with E-state index in [1.54, 1.807) is 0 Å². The summed E-state index contributed by atoms with van der Waals surface area (Å²) in [5.74, 6) is 0. The number of hydrogen-bond donors (Lipinski definition) is 4. The number of alkyl halides is 1. The molecule has 0 aliphatic carbocycles. The molecule has 4 atom stereocenters. The molecule has 0 amide bonds. The highest BCUT2D eigenvalue weighted by atomic mass is 35.5. The summed E-state index contributed by atoms with van der Waals surface area (Å²) in [6.45, 7) is -0.468. The number of ether oxygens (including phenoxy) is 1. The first kappa shape index (κ1) is 12.7. The van der Waals surface area contributed by atoms with Crippen molar-refractivity contribution in [2.24, 2.45) is 0 Å². The number of hydrogen-bond acceptors (Lipinski definition) is 7. The van der Waals surface area contributed by atoms with Gasteiger partial charge in [0.2, 0.25) is 5.06 Å². The quantitative estimate of drug-likeness (QED) is 0.514. The standard InChI is InChI=1S/C10H11ClN4O4/c11-10(8(18)6(17)4(1-16)19-10)7-5-9(14-2-12-5)15-3-13-7/h2-4,6,8,16-18H,1H2,(H,12,13,14,15)/t4-,6-,8-,10?/m1/s1. The Morgan fingerprint density at radius 3 is 2.84 bits per heavy atom. The molecule has 1 saturated heterocycles. The number of fused-ring (bicyclic) bond motifs is 1. The lowest BCUT2D eigenvalue weighted by Gasteiger charge is -2.24. The van der Waals surface area contributed by atoms with Crippen molar-refractivity contribution < 1.29 is 20.1 Å². The number of H-pyrrole nitrogens is 1. The van der Waals surface area contributed by atoms with E-state index >= 15 is 0 Å². The van der Waals surface area contributed by atoms with Crippen LogP contribution in [0.2, 0.25) is 0 Å². The van der Waals surface area contributed by atoms with Crippen molar-refractivity contribution in [2.45, 2.75) is 23.4 Å². The number of aliphatic hydroxyl groups excluding tert-OH is 3. The lowest BCUT2D eigenvalue weighted by Crippen LogP contribution is -2.37. The van der Waals surface area contributed by atoms with Crippen LogP contribution in [0.3, 0.4) is 0 Å². The molecule has 3 rings (SSSR count). The van der Waals surface area contributed by atoms with Crippen molar-refractivity contribution in [2.75, 3.05) is 6.61 Å². The average Bonchev–Trinajstić information content (AvgIpc) is 2.98. The molecule has 1 aliphatic rings. The van der Waals surface area contributed by atoms with Crippen LogP contribution >= 0.6 is 11.6 Å². The molecule has 1 aliphatic heterocycles. The van der Waals surface area contributed by atoms with Gasteiger partial charge in [-0.1, -0.05) is 11.6 Å². The van der Waals surface area contributed by atoms with Crippen LogP contribution in [0.25, 0.3) is 11.2 Å². The first-order valence-corrected chi connectivity index (χ1v) is 5.94. The van der Waals surface area contributed by atoms with Crippen LogP contribution in [-0.4, -0.2) is 60.2 Å². The van der Waals surface area contributed by atoms with E-state index in [1.807, 2.05) is 0 Å². The smallest absolute Gasteiger partial charge is 0.215 e. The predicted octanol–water partition coefficient (Wildman–Crippen LogP) is -1.14. The van der Waals surface area contributed by atoms with Crippen LogP contribution in [-0.2, 0) is 9.80 Å². The van der Waals surface area contributed by atoms with E-state index < -0.39 is 30.0 Å². The van der Waals surface area contributed by atoms with Gasteiger partial charge in [-0.25, -0.2) is 15.0 Å². The fraction of sp³-hybridized carbons (Fsp3) is 0.500. The molecule has 9 heteroatoms. The summed E-state index contributed by atoms with van der Waals surface area (Å²) >= 11 is 6.27. The molecule has 1 unspecified atom stereocenters. The second kappa shape index (κ2) is 4.36. The Bertz CT molecular complexity index is 608. The minimum Gasteiger partial charge on any atom is -0.394 e. The average molecular weight is 287 g/mol. The molecule has 0 spiro atoms. The molecule has 2 aromatic heterocycles. The number of nitrogens with one attached hydrogen (secondary N) is 1. The first-order chi connectivity index (χ1) is 9.08. The molecule has 3 heterocycles. The summed E-state index contributed by atoms with van der Waals surface area (Å²) in [6, 6.07) is 0. The Balaban J connectivity index is 2.12. The molecule has 8 nitrogen and oxygen atoms in total. The van der Waals surface area contributed by atoms with Crippen LogP contribution in [0, 0.1) is 0 Å². The molecular formula is C10H11ClN4O4. The third kappa shape index (κ3) is 1.72. The SMILES string of the molecule is OC[C@H]1OC(Cl)(c2ncnc3nc[nH]c23)[C@H](O)[C@@H]1O. The fourth-order valence-electron chi connectivity index (χ4n) is 2.15. The van der Waals surface area contributed by atoms with Crippen LogP contribution in [0.15, 0.2) is 12.7 Å². The molecule has 0 radical (unpaired) electrons. The fourth-order valence-corrected chi connectivity index (χ4v) is 2.53. The summed E-state index contributed by atoms with van der Waals surface area (Å²) in [5.41, 5.74) is 0.935. The highest BCUT2D eigenvalue weighted by molar-refractivity contribution is 6.24. The zero-order chi connectivity index (χ0) is 13.6. The summed E-state index contributed by atoms with van der Waals surface area (Å²) in [4.78, 5) is 14.7. The van der Waals surface area contributed by atoms with E-state index in [4.69, 9.17) is 21.4 Å².